The van der Waals surface area contributed by atoms with E-state index in [4.69, 9.17) is 10.6 Å². The van der Waals surface area contributed by atoms with E-state index in [0.717, 1.165) is 5.69 Å². The van der Waals surface area contributed by atoms with Gasteiger partial charge < -0.3 is 10.2 Å². The van der Waals surface area contributed by atoms with E-state index in [9.17, 15) is 0 Å². The van der Waals surface area contributed by atoms with E-state index in [1.807, 2.05) is 6.92 Å². The number of aromatic nitrogens is 4. The van der Waals surface area contributed by atoms with Crippen LogP contribution in [-0.2, 0) is 0 Å². The molecule has 0 amide bonds. The van der Waals surface area contributed by atoms with Crippen molar-refractivity contribution in [2.24, 2.45) is 5.84 Å². The average molecular weight is 206 g/mol. The average Bonchev–Trinajstić information content (AvgIpc) is 2.64. The predicted molar refractivity (Wildman–Crippen MR) is 53.2 cm³/mol. The standard InChI is InChI=1S/C8H10N6O/c1-5-2-8(14-13-5)15-7-3-6(12-9)10-4-11-7/h2-4H,9H2,1H3,(H,13,14)(H,10,11,12). The summed E-state index contributed by atoms with van der Waals surface area (Å²) in [6.07, 6.45) is 1.35. The number of nitrogens with two attached hydrogens (primary N) is 1. The molecule has 0 aliphatic carbocycles. The molecule has 7 heteroatoms. The van der Waals surface area contributed by atoms with Crippen molar-refractivity contribution in [3.05, 3.63) is 24.2 Å². The van der Waals surface area contributed by atoms with Gasteiger partial charge in [0.15, 0.2) is 0 Å². The zero-order valence-corrected chi connectivity index (χ0v) is 8.06. The van der Waals surface area contributed by atoms with Crippen LogP contribution in [0.2, 0.25) is 0 Å². The van der Waals surface area contributed by atoms with Crippen LogP contribution in [0.5, 0.6) is 11.8 Å². The molecule has 0 fully saturated rings. The van der Waals surface area contributed by atoms with E-state index in [-0.39, 0.29) is 0 Å². The van der Waals surface area contributed by atoms with Crippen LogP contribution in [0.3, 0.4) is 0 Å². The largest absolute Gasteiger partial charge is 0.419 e. The summed E-state index contributed by atoms with van der Waals surface area (Å²) in [5.41, 5.74) is 3.31. The summed E-state index contributed by atoms with van der Waals surface area (Å²) < 4.78 is 5.35. The number of hydrogen-bond donors (Lipinski definition) is 3. The Hall–Kier alpha value is -2.15. The summed E-state index contributed by atoms with van der Waals surface area (Å²) in [6, 6.07) is 3.33. The van der Waals surface area contributed by atoms with Gasteiger partial charge >= 0.3 is 0 Å². The van der Waals surface area contributed by atoms with Gasteiger partial charge in [0.25, 0.3) is 0 Å². The first kappa shape index (κ1) is 9.41. The lowest BCUT2D eigenvalue weighted by atomic mass is 10.5. The van der Waals surface area contributed by atoms with Crippen LogP contribution in [-0.4, -0.2) is 20.2 Å². The third kappa shape index (κ3) is 2.20. The Morgan fingerprint density at radius 3 is 2.87 bits per heavy atom. The molecule has 0 aliphatic rings. The van der Waals surface area contributed by atoms with Gasteiger partial charge in [-0.25, -0.2) is 15.8 Å². The minimum Gasteiger partial charge on any atom is -0.419 e. The molecule has 78 valence electrons. The fourth-order valence-corrected chi connectivity index (χ4v) is 1.03. The van der Waals surface area contributed by atoms with E-state index in [2.05, 4.69) is 25.6 Å². The van der Waals surface area contributed by atoms with E-state index in [1.165, 1.54) is 6.33 Å². The minimum absolute atomic E-state index is 0.379. The maximum Gasteiger partial charge on any atom is 0.240 e. The Balaban J connectivity index is 2.16. The van der Waals surface area contributed by atoms with Crippen molar-refractivity contribution in [2.75, 3.05) is 5.43 Å². The molecule has 2 rings (SSSR count). The summed E-state index contributed by atoms with van der Waals surface area (Å²) in [5.74, 6) is 6.51. The highest BCUT2D eigenvalue weighted by Crippen LogP contribution is 2.18. The molecule has 0 saturated heterocycles. The van der Waals surface area contributed by atoms with Gasteiger partial charge in [-0.05, 0) is 6.92 Å². The van der Waals surface area contributed by atoms with E-state index >= 15 is 0 Å². The SMILES string of the molecule is Cc1cc(Oc2cc(NN)ncn2)n[nH]1. The number of aryl methyl sites for hydroxylation is 1. The van der Waals surface area contributed by atoms with Crippen LogP contribution >= 0.6 is 0 Å². The topological polar surface area (TPSA) is 102 Å². The molecule has 0 radical (unpaired) electrons. The number of H-pyrrole nitrogens is 1. The Morgan fingerprint density at radius 1 is 1.33 bits per heavy atom. The maximum atomic E-state index is 5.35. The molecule has 2 aromatic rings. The van der Waals surface area contributed by atoms with Crippen LogP contribution in [0.15, 0.2) is 18.5 Å². The van der Waals surface area contributed by atoms with E-state index in [1.54, 1.807) is 12.1 Å². The highest BCUT2D eigenvalue weighted by atomic mass is 16.5. The molecule has 7 nitrogen and oxygen atoms in total. The molecule has 0 aromatic carbocycles. The Kier molecular flexibility index (Phi) is 2.46. The van der Waals surface area contributed by atoms with Gasteiger partial charge in [0.05, 0.1) is 0 Å². The van der Waals surface area contributed by atoms with E-state index in [0.29, 0.717) is 17.6 Å². The number of rotatable bonds is 3. The normalized spacial score (nSPS) is 10.0. The van der Waals surface area contributed by atoms with Crippen LogP contribution in [0.1, 0.15) is 5.69 Å². The van der Waals surface area contributed by atoms with Crippen LogP contribution < -0.4 is 16.0 Å². The van der Waals surface area contributed by atoms with Crippen molar-refractivity contribution < 1.29 is 4.74 Å². The van der Waals surface area contributed by atoms with Crippen molar-refractivity contribution >= 4 is 5.82 Å². The number of hydrazine groups is 1. The molecule has 4 N–H and O–H groups in total. The molecule has 0 spiro atoms. The van der Waals surface area contributed by atoms with Crippen molar-refractivity contribution in [1.82, 2.24) is 20.2 Å². The highest BCUT2D eigenvalue weighted by molar-refractivity contribution is 5.36. The molecule has 15 heavy (non-hydrogen) atoms. The Morgan fingerprint density at radius 2 is 2.20 bits per heavy atom. The number of nitrogens with zero attached hydrogens (tertiary/aromatic N) is 3. The maximum absolute atomic E-state index is 5.35. The molecule has 0 saturated carbocycles. The van der Waals surface area contributed by atoms with Gasteiger partial charge in [-0.2, -0.15) is 0 Å². The fourth-order valence-electron chi connectivity index (χ4n) is 1.03. The number of hydrogen-bond acceptors (Lipinski definition) is 6. The van der Waals surface area contributed by atoms with Gasteiger partial charge in [0, 0.05) is 17.8 Å². The van der Waals surface area contributed by atoms with Crippen molar-refractivity contribution in [3.63, 3.8) is 0 Å². The first-order chi connectivity index (χ1) is 7.28. The second-order valence-electron chi connectivity index (χ2n) is 2.88. The summed E-state index contributed by atoms with van der Waals surface area (Å²) in [7, 11) is 0. The summed E-state index contributed by atoms with van der Waals surface area (Å²) >= 11 is 0. The summed E-state index contributed by atoms with van der Waals surface area (Å²) in [4.78, 5) is 7.76. The number of aromatic amines is 1. The van der Waals surface area contributed by atoms with Crippen molar-refractivity contribution in [1.29, 1.82) is 0 Å². The lowest BCUT2D eigenvalue weighted by molar-refractivity contribution is 0.442. The molecule has 0 unspecified atom stereocenters. The highest BCUT2D eigenvalue weighted by Gasteiger charge is 2.03. The zero-order valence-electron chi connectivity index (χ0n) is 8.06. The first-order valence-corrected chi connectivity index (χ1v) is 4.26. The molecule has 0 atom stereocenters. The molecule has 2 heterocycles. The molecular weight excluding hydrogens is 196 g/mol. The molecule has 0 aliphatic heterocycles. The molecular formula is C8H10N6O. The lowest BCUT2D eigenvalue weighted by Gasteiger charge is -2.01. The molecule has 2 aromatic heterocycles. The number of nitrogens with one attached hydrogen (secondary N) is 2. The third-order valence-electron chi connectivity index (χ3n) is 1.68. The van der Waals surface area contributed by atoms with E-state index < -0.39 is 0 Å². The first-order valence-electron chi connectivity index (χ1n) is 4.26. The van der Waals surface area contributed by atoms with Gasteiger partial charge in [0.2, 0.25) is 11.8 Å². The number of nitrogen functional groups attached to an aromatic ring is 1. The fraction of sp³-hybridized carbons (Fsp3) is 0.125. The van der Waals surface area contributed by atoms with Gasteiger partial charge in [0.1, 0.15) is 12.1 Å². The monoisotopic (exact) mass is 206 g/mol. The van der Waals surface area contributed by atoms with Crippen LogP contribution in [0, 0.1) is 6.92 Å². The van der Waals surface area contributed by atoms with Gasteiger partial charge in [-0.1, -0.05) is 0 Å². The van der Waals surface area contributed by atoms with Crippen LogP contribution in [0.4, 0.5) is 5.82 Å². The second-order valence-corrected chi connectivity index (χ2v) is 2.88. The second kappa shape index (κ2) is 3.93. The predicted octanol–water partition coefficient (Wildman–Crippen LogP) is 0.586. The van der Waals surface area contributed by atoms with Gasteiger partial charge in [-0.15, -0.1) is 5.10 Å². The Bertz CT molecular complexity index is 454. The Labute approximate surface area is 85.7 Å². The third-order valence-corrected chi connectivity index (χ3v) is 1.68. The molecule has 0 bridgehead atoms. The van der Waals surface area contributed by atoms with Crippen molar-refractivity contribution in [2.45, 2.75) is 6.92 Å². The number of anilines is 1. The zero-order chi connectivity index (χ0) is 10.7. The summed E-state index contributed by atoms with van der Waals surface area (Å²) in [5, 5.41) is 6.67. The lowest BCUT2D eigenvalue weighted by Crippen LogP contribution is -2.08. The van der Waals surface area contributed by atoms with Crippen LogP contribution in [0.25, 0.3) is 0 Å². The van der Waals surface area contributed by atoms with Crippen molar-refractivity contribution in [3.8, 4) is 11.8 Å². The smallest absolute Gasteiger partial charge is 0.240 e. The minimum atomic E-state index is 0.379. The van der Waals surface area contributed by atoms with Gasteiger partial charge in [-0.3, -0.25) is 5.10 Å². The summed E-state index contributed by atoms with van der Waals surface area (Å²) in [6.45, 7) is 1.88. The quantitative estimate of drug-likeness (QED) is 0.501. The number of ether oxygens (including phenoxy) is 1.